The maximum atomic E-state index is 12.5. The molecule has 0 bridgehead atoms. The van der Waals surface area contributed by atoms with E-state index in [2.05, 4.69) is 15.9 Å². The fourth-order valence-corrected chi connectivity index (χ4v) is 6.14. The van der Waals surface area contributed by atoms with Gasteiger partial charge in [-0.15, -0.1) is 11.3 Å². The van der Waals surface area contributed by atoms with Gasteiger partial charge in [-0.1, -0.05) is 6.42 Å². The second-order valence-corrected chi connectivity index (χ2v) is 8.92. The van der Waals surface area contributed by atoms with Gasteiger partial charge in [0.05, 0.1) is 3.79 Å². The van der Waals surface area contributed by atoms with Gasteiger partial charge in [-0.05, 0) is 47.3 Å². The molecule has 1 aromatic heterocycles. The lowest BCUT2D eigenvalue weighted by Crippen LogP contribution is -2.43. The molecule has 1 fully saturated rings. The van der Waals surface area contributed by atoms with Crippen LogP contribution in [0.15, 0.2) is 20.1 Å². The van der Waals surface area contributed by atoms with E-state index in [9.17, 15) is 8.42 Å². The monoisotopic (exact) mass is 353 g/mol. The third kappa shape index (κ3) is 2.96. The average Bonchev–Trinajstić information content (AvgIpc) is 2.78. The normalized spacial score (nSPS) is 22.2. The van der Waals surface area contributed by atoms with Crippen molar-refractivity contribution in [3.05, 3.63) is 15.9 Å². The van der Waals surface area contributed by atoms with Gasteiger partial charge in [0.2, 0.25) is 0 Å². The van der Waals surface area contributed by atoms with Crippen LogP contribution in [0.25, 0.3) is 0 Å². The fraction of sp³-hybridized carbons (Fsp3) is 0.636. The molecule has 2 heterocycles. The molecule has 1 N–H and O–H groups in total. The zero-order valence-electron chi connectivity index (χ0n) is 9.88. The maximum absolute atomic E-state index is 12.5. The first-order valence-electron chi connectivity index (χ1n) is 5.94. The summed E-state index contributed by atoms with van der Waals surface area (Å²) < 4.78 is 27.8. The predicted octanol–water partition coefficient (Wildman–Crippen LogP) is 2.44. The standard InChI is InChI=1S/C11H16BrNO3S2/c12-10-4-5-11(17-10)18(15,16)13-7-2-1-3-9(13)6-8-14/h4-5,9,14H,1-3,6-8H2. The largest absolute Gasteiger partial charge is 0.396 e. The van der Waals surface area contributed by atoms with Crippen LogP contribution in [0, 0.1) is 0 Å². The summed E-state index contributed by atoms with van der Waals surface area (Å²) in [5.74, 6) is 0. The van der Waals surface area contributed by atoms with Crippen molar-refractivity contribution in [2.45, 2.75) is 35.9 Å². The molecule has 1 aliphatic rings. The summed E-state index contributed by atoms with van der Waals surface area (Å²) in [6.07, 6.45) is 3.29. The molecule has 1 aliphatic heterocycles. The van der Waals surface area contributed by atoms with Crippen LogP contribution in [0.2, 0.25) is 0 Å². The fourth-order valence-electron chi connectivity index (χ4n) is 2.28. The number of sulfonamides is 1. The van der Waals surface area contributed by atoms with Crippen LogP contribution in [0.5, 0.6) is 0 Å². The Morgan fingerprint density at radius 3 is 2.83 bits per heavy atom. The minimum Gasteiger partial charge on any atom is -0.396 e. The minimum atomic E-state index is -3.40. The number of hydrogen-bond donors (Lipinski definition) is 1. The van der Waals surface area contributed by atoms with E-state index in [0.29, 0.717) is 17.2 Å². The maximum Gasteiger partial charge on any atom is 0.252 e. The highest BCUT2D eigenvalue weighted by Crippen LogP contribution is 2.32. The van der Waals surface area contributed by atoms with Crippen LogP contribution in [0.1, 0.15) is 25.7 Å². The van der Waals surface area contributed by atoms with Crippen molar-refractivity contribution in [1.29, 1.82) is 0 Å². The smallest absolute Gasteiger partial charge is 0.252 e. The van der Waals surface area contributed by atoms with Gasteiger partial charge in [0.1, 0.15) is 4.21 Å². The molecule has 1 atom stereocenters. The van der Waals surface area contributed by atoms with E-state index >= 15 is 0 Å². The summed E-state index contributed by atoms with van der Waals surface area (Å²) in [4.78, 5) is 0. The van der Waals surface area contributed by atoms with Gasteiger partial charge in [0.15, 0.2) is 0 Å². The first-order valence-corrected chi connectivity index (χ1v) is 8.98. The topological polar surface area (TPSA) is 57.6 Å². The predicted molar refractivity (Wildman–Crippen MR) is 75.3 cm³/mol. The molecule has 1 aromatic rings. The van der Waals surface area contributed by atoms with Crippen molar-refractivity contribution in [3.63, 3.8) is 0 Å². The van der Waals surface area contributed by atoms with Gasteiger partial charge in [0.25, 0.3) is 10.0 Å². The summed E-state index contributed by atoms with van der Waals surface area (Å²) in [5.41, 5.74) is 0. The third-order valence-electron chi connectivity index (χ3n) is 3.15. The molecule has 1 saturated heterocycles. The average molecular weight is 354 g/mol. The Morgan fingerprint density at radius 1 is 1.44 bits per heavy atom. The quantitative estimate of drug-likeness (QED) is 0.904. The van der Waals surface area contributed by atoms with Crippen LogP contribution in [0.4, 0.5) is 0 Å². The molecule has 18 heavy (non-hydrogen) atoms. The molecule has 1 unspecified atom stereocenters. The van der Waals surface area contributed by atoms with Crippen molar-refractivity contribution in [2.75, 3.05) is 13.2 Å². The molecule has 4 nitrogen and oxygen atoms in total. The van der Waals surface area contributed by atoms with Crippen molar-refractivity contribution < 1.29 is 13.5 Å². The SMILES string of the molecule is O=S(=O)(c1ccc(Br)s1)N1CCCCC1CCO. The molecular formula is C11H16BrNO3S2. The summed E-state index contributed by atoms with van der Waals surface area (Å²) >= 11 is 4.52. The van der Waals surface area contributed by atoms with E-state index in [1.54, 1.807) is 16.4 Å². The number of thiophene rings is 1. The summed E-state index contributed by atoms with van der Waals surface area (Å²) in [6, 6.07) is 3.33. The zero-order valence-corrected chi connectivity index (χ0v) is 13.1. The number of aliphatic hydroxyl groups excluding tert-OH is 1. The Hall–Kier alpha value is 0.0500. The van der Waals surface area contributed by atoms with Gasteiger partial charge in [0, 0.05) is 19.2 Å². The van der Waals surface area contributed by atoms with Crippen LogP contribution < -0.4 is 0 Å². The molecule has 2 rings (SSSR count). The number of aliphatic hydroxyl groups is 1. The van der Waals surface area contributed by atoms with Crippen molar-refractivity contribution in [2.24, 2.45) is 0 Å². The van der Waals surface area contributed by atoms with E-state index in [-0.39, 0.29) is 12.6 Å². The summed E-state index contributed by atoms with van der Waals surface area (Å²) in [7, 11) is -3.40. The van der Waals surface area contributed by atoms with E-state index in [1.807, 2.05) is 0 Å². The molecule has 0 aliphatic carbocycles. The van der Waals surface area contributed by atoms with E-state index in [1.165, 1.54) is 11.3 Å². The molecular weight excluding hydrogens is 338 g/mol. The van der Waals surface area contributed by atoms with E-state index in [0.717, 1.165) is 23.0 Å². The van der Waals surface area contributed by atoms with Crippen LogP contribution >= 0.6 is 27.3 Å². The first-order chi connectivity index (χ1) is 8.55. The number of nitrogens with zero attached hydrogens (tertiary/aromatic N) is 1. The van der Waals surface area contributed by atoms with Gasteiger partial charge in [-0.3, -0.25) is 0 Å². The summed E-state index contributed by atoms with van der Waals surface area (Å²) in [6.45, 7) is 0.591. The van der Waals surface area contributed by atoms with Crippen LogP contribution in [-0.4, -0.2) is 37.0 Å². The third-order valence-corrected chi connectivity index (χ3v) is 7.19. The van der Waals surface area contributed by atoms with Crippen molar-refractivity contribution in [3.8, 4) is 0 Å². The molecule has 7 heteroatoms. The highest BCUT2D eigenvalue weighted by molar-refractivity contribution is 9.11. The lowest BCUT2D eigenvalue weighted by molar-refractivity contribution is 0.193. The molecule has 102 valence electrons. The Balaban J connectivity index is 2.27. The Bertz CT molecular complexity index is 498. The van der Waals surface area contributed by atoms with Gasteiger partial charge >= 0.3 is 0 Å². The number of halogens is 1. The number of hydrogen-bond acceptors (Lipinski definition) is 4. The molecule has 0 amide bonds. The van der Waals surface area contributed by atoms with Crippen LogP contribution in [-0.2, 0) is 10.0 Å². The molecule has 0 aromatic carbocycles. The lowest BCUT2D eigenvalue weighted by atomic mass is 10.0. The second kappa shape index (κ2) is 6.00. The minimum absolute atomic E-state index is 0.0326. The lowest BCUT2D eigenvalue weighted by Gasteiger charge is -2.33. The highest BCUT2D eigenvalue weighted by atomic mass is 79.9. The van der Waals surface area contributed by atoms with E-state index in [4.69, 9.17) is 5.11 Å². The number of piperidine rings is 1. The first kappa shape index (κ1) is 14.5. The highest BCUT2D eigenvalue weighted by Gasteiger charge is 2.33. The van der Waals surface area contributed by atoms with Gasteiger partial charge in [-0.25, -0.2) is 8.42 Å². The van der Waals surface area contributed by atoms with Gasteiger partial charge < -0.3 is 5.11 Å². The van der Waals surface area contributed by atoms with Gasteiger partial charge in [-0.2, -0.15) is 4.31 Å². The Kier molecular flexibility index (Phi) is 4.82. The molecule has 0 saturated carbocycles. The van der Waals surface area contributed by atoms with Crippen molar-refractivity contribution >= 4 is 37.3 Å². The van der Waals surface area contributed by atoms with Crippen molar-refractivity contribution in [1.82, 2.24) is 4.31 Å². The summed E-state index contributed by atoms with van der Waals surface area (Å²) in [5, 5.41) is 9.05. The zero-order chi connectivity index (χ0) is 13.2. The number of rotatable bonds is 4. The van der Waals surface area contributed by atoms with Crippen LogP contribution in [0.3, 0.4) is 0 Å². The molecule has 0 radical (unpaired) electrons. The molecule has 0 spiro atoms. The van der Waals surface area contributed by atoms with E-state index < -0.39 is 10.0 Å². The Labute approximate surface area is 120 Å². The second-order valence-electron chi connectivity index (χ2n) is 4.34. The Morgan fingerprint density at radius 2 is 2.22 bits per heavy atom.